The minimum Gasteiger partial charge on any atom is -0.394 e. The van der Waals surface area contributed by atoms with Crippen LogP contribution in [-0.4, -0.2) is 88.2 Å². The zero-order valence-corrected chi connectivity index (χ0v) is 24.8. The molecule has 8 nitrogen and oxygen atoms in total. The second-order valence-corrected chi connectivity index (χ2v) is 15.9. The van der Waals surface area contributed by atoms with Gasteiger partial charge < -0.3 is 15.1 Å². The summed E-state index contributed by atoms with van der Waals surface area (Å²) in [6, 6.07) is 4.87. The fourth-order valence-corrected chi connectivity index (χ4v) is 9.66. The maximum Gasteiger partial charge on any atom is 0.435 e. The number of rotatable bonds is 7. The maximum atomic E-state index is 14.7. The van der Waals surface area contributed by atoms with Crippen LogP contribution in [0.15, 0.2) is 53.4 Å². The molecule has 2 fully saturated rings. The second kappa shape index (κ2) is 11.6. The molecule has 18 heteroatoms. The lowest BCUT2D eigenvalue weighted by atomic mass is 9.75. The number of aliphatic hydroxyl groups is 2. The lowest BCUT2D eigenvalue weighted by Gasteiger charge is -2.48. The monoisotopic (exact) mass is 695 g/mol. The third-order valence-corrected chi connectivity index (χ3v) is 12.9. The van der Waals surface area contributed by atoms with Crippen LogP contribution in [0.4, 0.5) is 35.1 Å². The molecule has 45 heavy (non-hydrogen) atoms. The number of nitrogens with zero attached hydrogens (tertiary/aromatic N) is 1. The number of amides is 1. The van der Waals surface area contributed by atoms with Gasteiger partial charge in [-0.2, -0.15) is 36.9 Å². The summed E-state index contributed by atoms with van der Waals surface area (Å²) in [5.74, 6) is -2.32. The minimum atomic E-state index is -6.43. The van der Waals surface area contributed by atoms with E-state index >= 15 is 0 Å². The van der Waals surface area contributed by atoms with Gasteiger partial charge in [0.15, 0.2) is 9.84 Å². The van der Waals surface area contributed by atoms with Crippen molar-refractivity contribution in [3.05, 3.63) is 65.5 Å². The summed E-state index contributed by atoms with van der Waals surface area (Å²) < 4.78 is 155. The average molecular weight is 696 g/mol. The van der Waals surface area contributed by atoms with Crippen LogP contribution in [-0.2, 0) is 25.0 Å². The lowest BCUT2D eigenvalue weighted by molar-refractivity contribution is -0.348. The smallest absolute Gasteiger partial charge is 0.394 e. The Balaban J connectivity index is 1.83. The quantitative estimate of drug-likeness (QED) is 0.239. The van der Waals surface area contributed by atoms with Gasteiger partial charge in [-0.1, -0.05) is 24.3 Å². The molecule has 0 aliphatic carbocycles. The van der Waals surface area contributed by atoms with Crippen molar-refractivity contribution in [2.24, 2.45) is 5.41 Å². The molecule has 4 N–H and O–H groups in total. The van der Waals surface area contributed by atoms with E-state index in [0.717, 1.165) is 29.2 Å². The van der Waals surface area contributed by atoms with Crippen LogP contribution >= 0.6 is 10.6 Å². The molecule has 2 aliphatic heterocycles. The van der Waals surface area contributed by atoms with E-state index < -0.39 is 102 Å². The van der Waals surface area contributed by atoms with Crippen LogP contribution in [0.1, 0.15) is 30.4 Å². The molecule has 1 amide bonds. The van der Waals surface area contributed by atoms with Crippen molar-refractivity contribution >= 4 is 26.3 Å². The first-order chi connectivity index (χ1) is 20.6. The Morgan fingerprint density at radius 2 is 1.40 bits per heavy atom. The highest BCUT2D eigenvalue weighted by molar-refractivity contribution is 8.24. The highest BCUT2D eigenvalue weighted by Gasteiger charge is 2.73. The molecule has 2 atom stereocenters. The zero-order valence-electron chi connectivity index (χ0n) is 23.2. The molecule has 0 bridgehead atoms. The SMILES string of the molecule is O=C(N1CCC(c2ccc(C(F)(C(F)(F)F)C(F)(F)F)cc2)(S(=O)(=O)c2ccc(F)cc2)C1)C1(C(O)CO)CCS(O)(O)CC1. The van der Waals surface area contributed by atoms with Crippen molar-refractivity contribution in [1.82, 2.24) is 4.90 Å². The molecule has 0 aromatic heterocycles. The van der Waals surface area contributed by atoms with Crippen molar-refractivity contribution in [3.8, 4) is 0 Å². The first kappa shape index (κ1) is 35.3. The standard InChI is InChI=1S/C27H29F8NO7S2/c28-19-5-7-20(8-6-19)45(42,43)24(17-1-3-18(4-2-17)25(29,26(30,31)32)27(33,34)35)9-12-36(16-24)22(39)23(21(38)15-37)10-13-44(40,41)14-11-23/h1-8,21,37-38,40-41H,9-16H2. The van der Waals surface area contributed by atoms with E-state index in [4.69, 9.17) is 0 Å². The van der Waals surface area contributed by atoms with Crippen LogP contribution in [0, 0.1) is 11.2 Å². The van der Waals surface area contributed by atoms with Crippen LogP contribution in [0.25, 0.3) is 0 Å². The summed E-state index contributed by atoms with van der Waals surface area (Å²) in [5, 5.41) is 20.4. The molecule has 0 spiro atoms. The van der Waals surface area contributed by atoms with Crippen molar-refractivity contribution in [3.63, 3.8) is 0 Å². The molecule has 2 heterocycles. The Labute approximate surface area is 253 Å². The molecule has 2 aromatic carbocycles. The first-order valence-corrected chi connectivity index (χ1v) is 16.7. The largest absolute Gasteiger partial charge is 0.435 e. The number of halogens is 8. The highest BCUT2D eigenvalue weighted by Crippen LogP contribution is 2.55. The normalized spacial score (nSPS) is 23.9. The van der Waals surface area contributed by atoms with E-state index in [1.807, 2.05) is 0 Å². The van der Waals surface area contributed by atoms with Gasteiger partial charge in [0.2, 0.25) is 5.91 Å². The highest BCUT2D eigenvalue weighted by atomic mass is 32.3. The number of sulfone groups is 1. The summed E-state index contributed by atoms with van der Waals surface area (Å²) in [6.45, 7) is -2.03. The Morgan fingerprint density at radius 1 is 0.889 bits per heavy atom. The van der Waals surface area contributed by atoms with E-state index in [1.54, 1.807) is 0 Å². The maximum absolute atomic E-state index is 14.7. The summed E-state index contributed by atoms with van der Waals surface area (Å²) in [6.07, 6.45) is -15.6. The molecule has 0 saturated carbocycles. The Hall–Kier alpha value is -2.51. The number of hydrogen-bond donors (Lipinski definition) is 4. The molecule has 4 rings (SSSR count). The van der Waals surface area contributed by atoms with E-state index in [-0.39, 0.29) is 43.0 Å². The average Bonchev–Trinajstić information content (AvgIpc) is 3.43. The summed E-state index contributed by atoms with van der Waals surface area (Å²) in [7, 11) is -7.82. The van der Waals surface area contributed by atoms with Gasteiger partial charge in [0.25, 0.3) is 0 Å². The van der Waals surface area contributed by atoms with Crippen molar-refractivity contribution < 1.29 is 67.7 Å². The number of benzene rings is 2. The number of carbonyl (C=O) groups excluding carboxylic acids is 1. The molecule has 2 unspecified atom stereocenters. The minimum absolute atomic E-state index is 0.158. The molecular formula is C27H29F8NO7S2. The first-order valence-electron chi connectivity index (χ1n) is 13.3. The third kappa shape index (κ3) is 5.81. The van der Waals surface area contributed by atoms with Crippen LogP contribution in [0.2, 0.25) is 0 Å². The fraction of sp³-hybridized carbons (Fsp3) is 0.519. The van der Waals surface area contributed by atoms with Gasteiger partial charge in [-0.3, -0.25) is 13.9 Å². The Kier molecular flexibility index (Phi) is 9.13. The molecular weight excluding hydrogens is 666 g/mol. The number of alkyl halides is 7. The van der Waals surface area contributed by atoms with Gasteiger partial charge in [0, 0.05) is 30.2 Å². The fourth-order valence-electron chi connectivity index (χ4n) is 5.99. The molecule has 2 aliphatic rings. The lowest BCUT2D eigenvalue weighted by Crippen LogP contribution is -2.55. The summed E-state index contributed by atoms with van der Waals surface area (Å²) in [5.41, 5.74) is -9.82. The van der Waals surface area contributed by atoms with Crippen molar-refractivity contribution in [2.45, 2.75) is 53.0 Å². The zero-order chi connectivity index (χ0) is 33.9. The number of hydrogen-bond acceptors (Lipinski definition) is 7. The summed E-state index contributed by atoms with van der Waals surface area (Å²) in [4.78, 5) is 14.4. The van der Waals surface area contributed by atoms with Crippen LogP contribution in [0.3, 0.4) is 0 Å². The van der Waals surface area contributed by atoms with Gasteiger partial charge in [0.1, 0.15) is 10.6 Å². The van der Waals surface area contributed by atoms with E-state index in [0.29, 0.717) is 12.1 Å². The Morgan fingerprint density at radius 3 is 1.87 bits per heavy atom. The Bertz CT molecular complexity index is 1490. The molecule has 0 radical (unpaired) electrons. The molecule has 2 saturated heterocycles. The van der Waals surface area contributed by atoms with Gasteiger partial charge >= 0.3 is 18.0 Å². The van der Waals surface area contributed by atoms with Gasteiger partial charge in [0.05, 0.1) is 23.0 Å². The van der Waals surface area contributed by atoms with Crippen LogP contribution < -0.4 is 0 Å². The number of carbonyl (C=O) groups is 1. The molecule has 2 aromatic rings. The van der Waals surface area contributed by atoms with Gasteiger partial charge in [-0.25, -0.2) is 17.2 Å². The van der Waals surface area contributed by atoms with E-state index in [9.17, 15) is 67.7 Å². The predicted molar refractivity (Wildman–Crippen MR) is 145 cm³/mol. The predicted octanol–water partition coefficient (Wildman–Crippen LogP) is 4.90. The van der Waals surface area contributed by atoms with Crippen LogP contribution in [0.5, 0.6) is 0 Å². The number of likely N-dealkylation sites (tertiary alicyclic amines) is 1. The van der Waals surface area contributed by atoms with E-state index in [1.165, 1.54) is 0 Å². The molecule has 252 valence electrons. The summed E-state index contributed by atoms with van der Waals surface area (Å²) >= 11 is 0. The third-order valence-electron chi connectivity index (χ3n) is 8.73. The van der Waals surface area contributed by atoms with Gasteiger partial charge in [-0.15, -0.1) is 0 Å². The van der Waals surface area contributed by atoms with Crippen molar-refractivity contribution in [2.75, 3.05) is 31.2 Å². The van der Waals surface area contributed by atoms with Gasteiger partial charge in [-0.05, 0) is 49.1 Å². The topological polar surface area (TPSA) is 135 Å². The number of aliphatic hydroxyl groups excluding tert-OH is 2. The van der Waals surface area contributed by atoms with Crippen molar-refractivity contribution in [1.29, 1.82) is 0 Å². The van der Waals surface area contributed by atoms with E-state index in [2.05, 4.69) is 0 Å². The second-order valence-electron chi connectivity index (χ2n) is 11.2.